The van der Waals surface area contributed by atoms with Gasteiger partial charge in [-0.2, -0.15) is 0 Å². The monoisotopic (exact) mass is 414 g/mol. The summed E-state index contributed by atoms with van der Waals surface area (Å²) in [6.45, 7) is 0. The summed E-state index contributed by atoms with van der Waals surface area (Å²) in [4.78, 5) is 16.7. The van der Waals surface area contributed by atoms with E-state index in [4.69, 9.17) is 16.3 Å². The molecule has 0 radical (unpaired) electrons. The fraction of sp³-hybridized carbons (Fsp3) is 0.250. The number of carbonyl (C=O) groups is 1. The van der Waals surface area contributed by atoms with Crippen LogP contribution in [0.3, 0.4) is 0 Å². The summed E-state index contributed by atoms with van der Waals surface area (Å²) >= 11 is 7.34. The molecule has 1 heterocycles. The molecule has 0 bridgehead atoms. The Hall–Kier alpha value is -2.51. The number of hydrogen-bond acceptors (Lipinski definition) is 5. The van der Waals surface area contributed by atoms with Gasteiger partial charge in [-0.25, -0.2) is 4.98 Å². The maximum atomic E-state index is 12.3. The molecular weight excluding hydrogens is 396 g/mol. The molecule has 2 N–H and O–H groups in total. The molecule has 8 heteroatoms. The lowest BCUT2D eigenvalue weighted by atomic mass is 10.1. The van der Waals surface area contributed by atoms with Crippen molar-refractivity contribution in [2.45, 2.75) is 24.4 Å². The summed E-state index contributed by atoms with van der Waals surface area (Å²) < 4.78 is 5.34. The summed E-state index contributed by atoms with van der Waals surface area (Å²) in [6, 6.07) is 11.4. The van der Waals surface area contributed by atoms with Crippen LogP contribution in [0.15, 0.2) is 41.6 Å². The number of H-pyrrole nitrogens is 1. The minimum Gasteiger partial charge on any atom is -0.496 e. The number of rotatable bonds is 6. The van der Waals surface area contributed by atoms with Gasteiger partial charge in [0.2, 0.25) is 11.1 Å². The number of aryl methyl sites for hydroxylation is 2. The van der Waals surface area contributed by atoms with Crippen LogP contribution >= 0.6 is 23.4 Å². The molecule has 0 saturated carbocycles. The highest BCUT2D eigenvalue weighted by molar-refractivity contribution is 7.99. The zero-order chi connectivity index (χ0) is 19.5. The van der Waals surface area contributed by atoms with Gasteiger partial charge in [0, 0.05) is 10.7 Å². The number of nitrogens with one attached hydrogen (secondary N) is 2. The van der Waals surface area contributed by atoms with Gasteiger partial charge in [0.05, 0.1) is 18.4 Å². The van der Waals surface area contributed by atoms with Crippen molar-refractivity contribution in [3.63, 3.8) is 0 Å². The van der Waals surface area contributed by atoms with E-state index in [9.17, 15) is 4.79 Å². The second-order valence-corrected chi connectivity index (χ2v) is 7.86. The molecule has 0 aliphatic heterocycles. The third-order valence-electron chi connectivity index (χ3n) is 4.60. The first kappa shape index (κ1) is 18.8. The number of anilines is 1. The van der Waals surface area contributed by atoms with Crippen molar-refractivity contribution in [1.82, 2.24) is 15.2 Å². The van der Waals surface area contributed by atoms with Crippen molar-refractivity contribution in [2.75, 3.05) is 18.2 Å². The van der Waals surface area contributed by atoms with Crippen LogP contribution in [0, 0.1) is 0 Å². The lowest BCUT2D eigenvalue weighted by Gasteiger charge is -2.07. The average molecular weight is 415 g/mol. The number of carbonyl (C=O) groups excluding carboxylic acids is 1. The number of halogens is 1. The van der Waals surface area contributed by atoms with E-state index in [1.165, 1.54) is 29.3 Å². The lowest BCUT2D eigenvalue weighted by molar-refractivity contribution is -0.113. The molecule has 2 aromatic carbocycles. The van der Waals surface area contributed by atoms with E-state index in [0.717, 1.165) is 24.1 Å². The molecule has 1 amide bonds. The van der Waals surface area contributed by atoms with E-state index in [0.29, 0.717) is 21.8 Å². The number of amides is 1. The van der Waals surface area contributed by atoms with E-state index in [1.807, 2.05) is 6.07 Å². The highest BCUT2D eigenvalue weighted by atomic mass is 35.5. The molecule has 1 aromatic heterocycles. The zero-order valence-electron chi connectivity index (χ0n) is 15.3. The fourth-order valence-corrected chi connectivity index (χ4v) is 4.04. The first-order chi connectivity index (χ1) is 13.6. The Morgan fingerprint density at radius 1 is 1.25 bits per heavy atom. The highest BCUT2D eigenvalue weighted by Gasteiger charge is 2.14. The van der Waals surface area contributed by atoms with Crippen LogP contribution in [0.1, 0.15) is 17.5 Å². The first-order valence-corrected chi connectivity index (χ1v) is 10.3. The van der Waals surface area contributed by atoms with Gasteiger partial charge in [-0.05, 0) is 60.7 Å². The van der Waals surface area contributed by atoms with Crippen molar-refractivity contribution >= 4 is 35.0 Å². The SMILES string of the molecule is COc1ccc(Cl)cc1-c1nc(SCC(=O)Nc2ccc3c(c2)CCC3)n[nH]1. The number of ether oxygens (including phenoxy) is 1. The summed E-state index contributed by atoms with van der Waals surface area (Å²) in [5.41, 5.74) is 4.28. The van der Waals surface area contributed by atoms with Crippen LogP contribution in [0.2, 0.25) is 5.02 Å². The smallest absolute Gasteiger partial charge is 0.234 e. The Labute approximate surface area is 172 Å². The first-order valence-electron chi connectivity index (χ1n) is 8.93. The Morgan fingerprint density at radius 2 is 2.11 bits per heavy atom. The van der Waals surface area contributed by atoms with E-state index >= 15 is 0 Å². The summed E-state index contributed by atoms with van der Waals surface area (Å²) in [5.74, 6) is 1.32. The molecule has 0 unspecified atom stereocenters. The van der Waals surface area contributed by atoms with Gasteiger partial charge in [0.1, 0.15) is 5.75 Å². The molecule has 144 valence electrons. The summed E-state index contributed by atoms with van der Waals surface area (Å²) in [5, 5.41) is 11.1. The van der Waals surface area contributed by atoms with Gasteiger partial charge < -0.3 is 10.1 Å². The van der Waals surface area contributed by atoms with Crippen molar-refractivity contribution in [1.29, 1.82) is 0 Å². The molecule has 3 aromatic rings. The standard InChI is InChI=1S/C20H19ClN4O2S/c1-27-17-8-6-14(21)10-16(17)19-23-20(25-24-19)28-11-18(26)22-15-7-5-12-3-2-4-13(12)9-15/h5-10H,2-4,11H2,1H3,(H,22,26)(H,23,24,25). The van der Waals surface area contributed by atoms with Crippen LogP contribution in [-0.2, 0) is 17.6 Å². The largest absolute Gasteiger partial charge is 0.496 e. The van der Waals surface area contributed by atoms with Crippen molar-refractivity contribution in [2.24, 2.45) is 0 Å². The van der Waals surface area contributed by atoms with Gasteiger partial charge in [-0.15, -0.1) is 5.10 Å². The van der Waals surface area contributed by atoms with Crippen LogP contribution in [0.25, 0.3) is 11.4 Å². The van der Waals surface area contributed by atoms with Crippen LogP contribution in [0.5, 0.6) is 5.75 Å². The summed E-state index contributed by atoms with van der Waals surface area (Å²) in [7, 11) is 1.59. The van der Waals surface area contributed by atoms with Gasteiger partial charge >= 0.3 is 0 Å². The van der Waals surface area contributed by atoms with Crippen molar-refractivity contribution in [3.8, 4) is 17.1 Å². The second-order valence-electron chi connectivity index (χ2n) is 6.49. The lowest BCUT2D eigenvalue weighted by Crippen LogP contribution is -2.14. The molecule has 1 aliphatic rings. The van der Waals surface area contributed by atoms with Crippen LogP contribution < -0.4 is 10.1 Å². The minimum atomic E-state index is -0.0883. The summed E-state index contributed by atoms with van der Waals surface area (Å²) in [6.07, 6.45) is 3.40. The molecule has 1 aliphatic carbocycles. The van der Waals surface area contributed by atoms with Crippen molar-refractivity contribution < 1.29 is 9.53 Å². The Bertz CT molecular complexity index is 1020. The predicted molar refractivity (Wildman–Crippen MR) is 111 cm³/mol. The number of fused-ring (bicyclic) bond motifs is 1. The van der Waals surface area contributed by atoms with Gasteiger partial charge in [-0.1, -0.05) is 29.4 Å². The topological polar surface area (TPSA) is 79.9 Å². The van der Waals surface area contributed by atoms with Gasteiger partial charge in [0.25, 0.3) is 0 Å². The van der Waals surface area contributed by atoms with E-state index in [2.05, 4.69) is 32.6 Å². The molecule has 4 rings (SSSR count). The molecule has 0 saturated heterocycles. The van der Waals surface area contributed by atoms with E-state index in [1.54, 1.807) is 25.3 Å². The van der Waals surface area contributed by atoms with E-state index in [-0.39, 0.29) is 11.7 Å². The molecule has 0 fully saturated rings. The van der Waals surface area contributed by atoms with Crippen molar-refractivity contribution in [3.05, 3.63) is 52.5 Å². The minimum absolute atomic E-state index is 0.0883. The fourth-order valence-electron chi connectivity index (χ4n) is 3.27. The molecule has 0 spiro atoms. The maximum absolute atomic E-state index is 12.3. The van der Waals surface area contributed by atoms with Gasteiger partial charge in [-0.3, -0.25) is 9.89 Å². The Balaban J connectivity index is 1.38. The number of nitrogens with zero attached hydrogens (tertiary/aromatic N) is 2. The van der Waals surface area contributed by atoms with Crippen LogP contribution in [0.4, 0.5) is 5.69 Å². The molecule has 28 heavy (non-hydrogen) atoms. The number of aromatic nitrogens is 3. The number of hydrogen-bond donors (Lipinski definition) is 2. The van der Waals surface area contributed by atoms with E-state index < -0.39 is 0 Å². The number of aromatic amines is 1. The normalized spacial score (nSPS) is 12.6. The predicted octanol–water partition coefficient (Wildman–Crippen LogP) is 4.35. The quantitative estimate of drug-likeness (QED) is 0.586. The molecule has 6 nitrogen and oxygen atoms in total. The Morgan fingerprint density at radius 3 is 2.96 bits per heavy atom. The molecule has 0 atom stereocenters. The Kier molecular flexibility index (Phi) is 5.54. The second kappa shape index (κ2) is 8.24. The number of benzene rings is 2. The maximum Gasteiger partial charge on any atom is 0.234 e. The number of thioether (sulfide) groups is 1. The zero-order valence-corrected chi connectivity index (χ0v) is 16.9. The average Bonchev–Trinajstić information content (AvgIpc) is 3.35. The van der Waals surface area contributed by atoms with Crippen LogP contribution in [-0.4, -0.2) is 34.0 Å². The third-order valence-corrected chi connectivity index (χ3v) is 5.68. The number of methoxy groups -OCH3 is 1. The highest BCUT2D eigenvalue weighted by Crippen LogP contribution is 2.31. The molecular formula is C20H19ClN4O2S. The van der Waals surface area contributed by atoms with Gasteiger partial charge in [0.15, 0.2) is 5.82 Å². The third kappa shape index (κ3) is 4.15.